The Bertz CT molecular complexity index is 1320. The third kappa shape index (κ3) is 5.82. The highest BCUT2D eigenvalue weighted by molar-refractivity contribution is 7.92. The van der Waals surface area contributed by atoms with Gasteiger partial charge in [-0.15, -0.1) is 0 Å². The van der Waals surface area contributed by atoms with E-state index in [9.17, 15) is 31.2 Å². The van der Waals surface area contributed by atoms with Gasteiger partial charge in [-0.2, -0.15) is 13.2 Å². The van der Waals surface area contributed by atoms with Crippen LogP contribution in [0.1, 0.15) is 28.4 Å². The summed E-state index contributed by atoms with van der Waals surface area (Å²) in [5.41, 5.74) is -0.00591. The van der Waals surface area contributed by atoms with Crippen molar-refractivity contribution in [2.75, 3.05) is 16.2 Å². The van der Waals surface area contributed by atoms with Gasteiger partial charge in [0.2, 0.25) is 5.91 Å². The Hall–Kier alpha value is -3.66. The van der Waals surface area contributed by atoms with Crippen molar-refractivity contribution >= 4 is 33.1 Å². The van der Waals surface area contributed by atoms with Gasteiger partial charge in [0, 0.05) is 11.3 Å². The van der Waals surface area contributed by atoms with E-state index in [1.807, 2.05) is 0 Å². The van der Waals surface area contributed by atoms with Crippen LogP contribution in [0.4, 0.5) is 24.5 Å². The quantitative estimate of drug-likeness (QED) is 0.470. The van der Waals surface area contributed by atoms with Gasteiger partial charge in [0.25, 0.3) is 10.0 Å². The van der Waals surface area contributed by atoms with Gasteiger partial charge in [0.1, 0.15) is 6.54 Å². The molecule has 3 aromatic carbocycles. The lowest BCUT2D eigenvalue weighted by atomic mass is 10.1. The zero-order valence-corrected chi connectivity index (χ0v) is 19.1. The minimum absolute atomic E-state index is 0.179. The minimum Gasteiger partial charge on any atom is -0.324 e. The molecule has 0 saturated carbocycles. The van der Waals surface area contributed by atoms with Gasteiger partial charge in [-0.3, -0.25) is 13.9 Å². The van der Waals surface area contributed by atoms with Crippen molar-refractivity contribution in [3.05, 3.63) is 89.5 Å². The van der Waals surface area contributed by atoms with Crippen LogP contribution >= 0.6 is 0 Å². The fourth-order valence-corrected chi connectivity index (χ4v) is 4.55. The van der Waals surface area contributed by atoms with Gasteiger partial charge in [-0.1, -0.05) is 35.9 Å². The summed E-state index contributed by atoms with van der Waals surface area (Å²) in [6.45, 7) is 2.32. The molecule has 0 atom stereocenters. The van der Waals surface area contributed by atoms with Crippen LogP contribution < -0.4 is 9.62 Å². The van der Waals surface area contributed by atoms with Crippen LogP contribution in [-0.2, 0) is 21.0 Å². The molecule has 3 rings (SSSR count). The van der Waals surface area contributed by atoms with E-state index in [2.05, 4.69) is 5.32 Å². The summed E-state index contributed by atoms with van der Waals surface area (Å²) in [7, 11) is -4.39. The highest BCUT2D eigenvalue weighted by Crippen LogP contribution is 2.33. The molecule has 0 aliphatic rings. The lowest BCUT2D eigenvalue weighted by molar-refractivity contribution is -0.137. The molecule has 178 valence electrons. The van der Waals surface area contributed by atoms with Crippen molar-refractivity contribution in [2.45, 2.75) is 24.9 Å². The van der Waals surface area contributed by atoms with Crippen molar-refractivity contribution in [1.82, 2.24) is 0 Å². The van der Waals surface area contributed by atoms with E-state index in [1.165, 1.54) is 37.3 Å². The third-order valence-electron chi connectivity index (χ3n) is 4.91. The number of nitrogens with one attached hydrogen (secondary N) is 1. The molecule has 0 aliphatic heterocycles. The largest absolute Gasteiger partial charge is 0.416 e. The summed E-state index contributed by atoms with van der Waals surface area (Å²) in [6.07, 6.45) is -4.70. The number of carbonyl (C=O) groups excluding carboxylic acids is 2. The number of ketones is 1. The number of amides is 1. The van der Waals surface area contributed by atoms with Crippen LogP contribution in [0.15, 0.2) is 77.7 Å². The number of rotatable bonds is 7. The lowest BCUT2D eigenvalue weighted by Crippen LogP contribution is -2.38. The molecule has 0 heterocycles. The predicted octanol–water partition coefficient (Wildman–Crippen LogP) is 5.05. The van der Waals surface area contributed by atoms with Gasteiger partial charge in [-0.05, 0) is 56.3 Å². The van der Waals surface area contributed by atoms with Crippen molar-refractivity contribution in [2.24, 2.45) is 0 Å². The van der Waals surface area contributed by atoms with Crippen LogP contribution in [0.25, 0.3) is 0 Å². The van der Waals surface area contributed by atoms with Crippen molar-refractivity contribution in [3.8, 4) is 0 Å². The SMILES string of the molecule is CC(=O)c1cccc(NC(=O)CN(c2cccc(C(F)(F)F)c2)S(=O)(=O)c2ccc(C)cc2)c1. The van der Waals surface area contributed by atoms with Gasteiger partial charge < -0.3 is 5.32 Å². The second-order valence-electron chi connectivity index (χ2n) is 7.56. The Morgan fingerprint density at radius 1 is 0.941 bits per heavy atom. The number of nitrogens with zero attached hydrogens (tertiary/aromatic N) is 1. The average molecular weight is 491 g/mol. The minimum atomic E-state index is -4.70. The number of halogens is 3. The Balaban J connectivity index is 2.00. The average Bonchev–Trinajstić information content (AvgIpc) is 2.77. The maximum atomic E-state index is 13.4. The Labute approximate surface area is 195 Å². The molecule has 3 aromatic rings. The summed E-state index contributed by atoms with van der Waals surface area (Å²) < 4.78 is 67.2. The zero-order valence-electron chi connectivity index (χ0n) is 18.3. The Kier molecular flexibility index (Phi) is 7.11. The number of hydrogen-bond acceptors (Lipinski definition) is 4. The first-order valence-corrected chi connectivity index (χ1v) is 11.5. The van der Waals surface area contributed by atoms with Crippen molar-refractivity contribution < 1.29 is 31.2 Å². The van der Waals surface area contributed by atoms with Gasteiger partial charge in [-0.25, -0.2) is 8.42 Å². The van der Waals surface area contributed by atoms with Crippen LogP contribution in [0.3, 0.4) is 0 Å². The third-order valence-corrected chi connectivity index (χ3v) is 6.70. The Morgan fingerprint density at radius 3 is 2.21 bits per heavy atom. The molecular formula is C24H21F3N2O4S. The van der Waals surface area contributed by atoms with E-state index in [1.54, 1.807) is 31.2 Å². The molecule has 0 aliphatic carbocycles. The molecule has 1 N–H and O–H groups in total. The van der Waals surface area contributed by atoms with Gasteiger partial charge in [0.15, 0.2) is 5.78 Å². The van der Waals surface area contributed by atoms with Crippen LogP contribution in [0, 0.1) is 6.92 Å². The fraction of sp³-hybridized carbons (Fsp3) is 0.167. The number of benzene rings is 3. The molecular weight excluding hydrogens is 469 g/mol. The summed E-state index contributed by atoms with van der Waals surface area (Å²) in [5, 5.41) is 2.50. The zero-order chi connectivity index (χ0) is 25.1. The molecule has 0 bridgehead atoms. The first-order chi connectivity index (χ1) is 15.9. The molecule has 34 heavy (non-hydrogen) atoms. The maximum Gasteiger partial charge on any atom is 0.416 e. The standard InChI is InChI=1S/C24H21F3N2O4S/c1-16-9-11-22(12-10-16)34(32,33)29(21-8-4-6-19(14-21)24(25,26)27)15-23(31)28-20-7-3-5-18(13-20)17(2)30/h3-14H,15H2,1-2H3,(H,28,31). The normalized spacial score (nSPS) is 11.7. The molecule has 10 heteroatoms. The first kappa shape index (κ1) is 25.0. The number of anilines is 2. The number of hydrogen-bond donors (Lipinski definition) is 1. The smallest absolute Gasteiger partial charge is 0.324 e. The predicted molar refractivity (Wildman–Crippen MR) is 122 cm³/mol. The summed E-state index contributed by atoms with van der Waals surface area (Å²) in [6, 6.07) is 15.5. The van der Waals surface area contributed by atoms with E-state index in [4.69, 9.17) is 0 Å². The topological polar surface area (TPSA) is 83.6 Å². The molecule has 0 spiro atoms. The number of carbonyl (C=O) groups is 2. The fourth-order valence-electron chi connectivity index (χ4n) is 3.14. The van der Waals surface area contributed by atoms with E-state index in [0.717, 1.165) is 17.7 Å². The molecule has 0 radical (unpaired) electrons. The van der Waals surface area contributed by atoms with E-state index in [0.29, 0.717) is 15.9 Å². The van der Waals surface area contributed by atoms with Crippen LogP contribution in [-0.4, -0.2) is 26.7 Å². The number of alkyl halides is 3. The molecule has 0 saturated heterocycles. The molecule has 0 fully saturated rings. The van der Waals surface area contributed by atoms with Crippen molar-refractivity contribution in [3.63, 3.8) is 0 Å². The van der Waals surface area contributed by atoms with Crippen molar-refractivity contribution in [1.29, 1.82) is 0 Å². The molecule has 1 amide bonds. The van der Waals surface area contributed by atoms with Gasteiger partial charge in [0.05, 0.1) is 16.1 Å². The molecule has 0 aromatic heterocycles. The second-order valence-corrected chi connectivity index (χ2v) is 9.42. The highest BCUT2D eigenvalue weighted by atomic mass is 32.2. The van der Waals surface area contributed by atoms with Crippen LogP contribution in [0.5, 0.6) is 0 Å². The van der Waals surface area contributed by atoms with E-state index < -0.39 is 34.2 Å². The summed E-state index contributed by atoms with van der Waals surface area (Å²) in [4.78, 5) is 24.2. The molecule has 6 nitrogen and oxygen atoms in total. The van der Waals surface area contributed by atoms with Gasteiger partial charge >= 0.3 is 6.18 Å². The van der Waals surface area contributed by atoms with Crippen LogP contribution in [0.2, 0.25) is 0 Å². The highest BCUT2D eigenvalue weighted by Gasteiger charge is 2.33. The summed E-state index contributed by atoms with van der Waals surface area (Å²) in [5.74, 6) is -1.03. The summed E-state index contributed by atoms with van der Waals surface area (Å²) >= 11 is 0. The first-order valence-electron chi connectivity index (χ1n) is 10.1. The number of sulfonamides is 1. The molecule has 0 unspecified atom stereocenters. The number of aryl methyl sites for hydroxylation is 1. The Morgan fingerprint density at radius 2 is 1.59 bits per heavy atom. The monoisotopic (exact) mass is 490 g/mol. The van der Waals surface area contributed by atoms with E-state index in [-0.39, 0.29) is 22.1 Å². The lowest BCUT2D eigenvalue weighted by Gasteiger charge is -2.25. The second kappa shape index (κ2) is 9.68. The maximum absolute atomic E-state index is 13.4. The number of Topliss-reactive ketones (excluding diaryl/α,β-unsaturated/α-hetero) is 1. The van der Waals surface area contributed by atoms with E-state index >= 15 is 0 Å².